The van der Waals surface area contributed by atoms with Crippen molar-refractivity contribution >= 4 is 17.6 Å². The first-order valence-corrected chi connectivity index (χ1v) is 10.6. The lowest BCUT2D eigenvalue weighted by Gasteiger charge is -2.18. The molecule has 0 N–H and O–H groups in total. The van der Waals surface area contributed by atoms with E-state index in [4.69, 9.17) is 4.74 Å². The minimum Gasteiger partial charge on any atom is -0.476 e. The van der Waals surface area contributed by atoms with Crippen molar-refractivity contribution in [2.24, 2.45) is 0 Å². The highest BCUT2D eigenvalue weighted by molar-refractivity contribution is 6.19. The summed E-state index contributed by atoms with van der Waals surface area (Å²) in [7, 11) is 0. The predicted molar refractivity (Wildman–Crippen MR) is 112 cm³/mol. The van der Waals surface area contributed by atoms with E-state index in [1.807, 2.05) is 0 Å². The molecule has 11 heteroatoms. The second-order valence-corrected chi connectivity index (χ2v) is 7.81. The van der Waals surface area contributed by atoms with Crippen LogP contribution in [0.5, 0.6) is 11.6 Å². The van der Waals surface area contributed by atoms with E-state index in [0.29, 0.717) is 12.5 Å². The minimum atomic E-state index is -4.82. The summed E-state index contributed by atoms with van der Waals surface area (Å²) in [6.07, 6.45) is -0.823. The highest BCUT2D eigenvalue weighted by Gasteiger charge is 2.37. The highest BCUT2D eigenvalue weighted by Crippen LogP contribution is 2.28. The zero-order valence-electron chi connectivity index (χ0n) is 17.8. The fraction of sp³-hybridized carbons (Fsp3) is 0.409. The predicted octanol–water partition coefficient (Wildman–Crippen LogP) is 3.42. The van der Waals surface area contributed by atoms with Crippen molar-refractivity contribution in [2.75, 3.05) is 37.7 Å². The van der Waals surface area contributed by atoms with Gasteiger partial charge in [0.1, 0.15) is 18.9 Å². The van der Waals surface area contributed by atoms with Gasteiger partial charge < -0.3 is 14.4 Å². The molecule has 33 heavy (non-hydrogen) atoms. The molecule has 0 aliphatic carbocycles. The summed E-state index contributed by atoms with van der Waals surface area (Å²) in [6, 6.07) is 7.49. The van der Waals surface area contributed by atoms with Gasteiger partial charge in [0.15, 0.2) is 0 Å². The molecule has 4 rings (SSSR count). The number of rotatable bonds is 8. The average Bonchev–Trinajstić information content (AvgIpc) is 3.36. The van der Waals surface area contributed by atoms with Crippen LogP contribution in [-0.4, -0.2) is 65.9 Å². The molecule has 3 heterocycles. The summed E-state index contributed by atoms with van der Waals surface area (Å²) in [5, 5.41) is 0. The average molecular weight is 464 g/mol. The number of anilines is 1. The van der Waals surface area contributed by atoms with Gasteiger partial charge in [-0.15, -0.1) is 13.2 Å². The van der Waals surface area contributed by atoms with Gasteiger partial charge in [-0.25, -0.2) is 14.7 Å². The molecule has 3 amide bonds. The number of likely N-dealkylation sites (tertiary alicyclic amines) is 1. The van der Waals surface area contributed by atoms with Crippen molar-refractivity contribution in [2.45, 2.75) is 25.7 Å². The number of hydrogen-bond donors (Lipinski definition) is 0. The van der Waals surface area contributed by atoms with E-state index in [9.17, 15) is 22.8 Å². The smallest absolute Gasteiger partial charge is 0.476 e. The molecule has 1 aromatic heterocycles. The van der Waals surface area contributed by atoms with Crippen molar-refractivity contribution in [3.63, 3.8) is 0 Å². The molecule has 2 aliphatic heterocycles. The Morgan fingerprint density at radius 1 is 1.03 bits per heavy atom. The van der Waals surface area contributed by atoms with Crippen molar-refractivity contribution in [3.8, 4) is 11.6 Å². The second-order valence-electron chi connectivity index (χ2n) is 7.81. The van der Waals surface area contributed by atoms with Crippen molar-refractivity contribution in [1.82, 2.24) is 14.8 Å². The van der Waals surface area contributed by atoms with Crippen LogP contribution in [0.3, 0.4) is 0 Å². The molecule has 2 saturated heterocycles. The van der Waals surface area contributed by atoms with Gasteiger partial charge in [0.2, 0.25) is 5.88 Å². The number of imide groups is 1. The summed E-state index contributed by atoms with van der Waals surface area (Å²) in [4.78, 5) is 34.1. The molecule has 2 aromatic rings. The van der Waals surface area contributed by atoms with Crippen LogP contribution in [0.15, 0.2) is 42.6 Å². The Morgan fingerprint density at radius 3 is 2.45 bits per heavy atom. The number of pyridine rings is 1. The Bertz CT molecular complexity index is 994. The van der Waals surface area contributed by atoms with Crippen molar-refractivity contribution in [1.29, 1.82) is 0 Å². The number of nitrogens with zero attached hydrogens (tertiary/aromatic N) is 4. The lowest BCUT2D eigenvalue weighted by molar-refractivity contribution is -0.274. The van der Waals surface area contributed by atoms with Crippen LogP contribution in [0.1, 0.15) is 18.4 Å². The van der Waals surface area contributed by atoms with Gasteiger partial charge in [-0.05, 0) is 61.8 Å². The van der Waals surface area contributed by atoms with Crippen molar-refractivity contribution < 1.29 is 32.2 Å². The first kappa shape index (κ1) is 22.8. The van der Waals surface area contributed by atoms with Crippen LogP contribution in [0.25, 0.3) is 0 Å². The van der Waals surface area contributed by atoms with Crippen LogP contribution < -0.4 is 14.4 Å². The van der Waals surface area contributed by atoms with Gasteiger partial charge in [-0.1, -0.05) is 0 Å². The molecule has 0 unspecified atom stereocenters. The molecule has 176 valence electrons. The lowest BCUT2D eigenvalue weighted by atomic mass is 10.2. The molecule has 2 aliphatic rings. The third kappa shape index (κ3) is 5.92. The quantitative estimate of drug-likeness (QED) is 0.558. The van der Waals surface area contributed by atoms with Crippen LogP contribution >= 0.6 is 0 Å². The van der Waals surface area contributed by atoms with Crippen LogP contribution in [0.4, 0.5) is 23.7 Å². The van der Waals surface area contributed by atoms with Gasteiger partial charge in [0.25, 0.3) is 5.91 Å². The summed E-state index contributed by atoms with van der Waals surface area (Å²) >= 11 is 0. The van der Waals surface area contributed by atoms with Gasteiger partial charge in [-0.2, -0.15) is 0 Å². The van der Waals surface area contributed by atoms with E-state index in [1.54, 1.807) is 18.3 Å². The number of hydrogen-bond acceptors (Lipinski definition) is 6. The van der Waals surface area contributed by atoms with E-state index in [-0.39, 0.29) is 18.8 Å². The standard InChI is InChI=1S/C22H23F3N4O4/c23-22(24,25)33-18-5-3-17(4-6-18)29-20(30)15-28(21(29)31)14-16-7-8-26-19(13-16)32-12-11-27-9-1-2-10-27/h3-8,13H,1-2,9-12,14-15H2. The number of amides is 3. The second kappa shape index (κ2) is 9.65. The van der Waals surface area contributed by atoms with E-state index < -0.39 is 24.1 Å². The Hall–Kier alpha value is -3.34. The first-order chi connectivity index (χ1) is 15.8. The number of aromatic nitrogens is 1. The maximum Gasteiger partial charge on any atom is 0.573 e. The van der Waals surface area contributed by atoms with Crippen LogP contribution in [0.2, 0.25) is 0 Å². The first-order valence-electron chi connectivity index (χ1n) is 10.6. The SMILES string of the molecule is O=C1CN(Cc2ccnc(OCCN3CCCC3)c2)C(=O)N1c1ccc(OC(F)(F)F)cc1. The Morgan fingerprint density at radius 2 is 1.76 bits per heavy atom. The van der Waals surface area contributed by atoms with E-state index in [2.05, 4.69) is 14.6 Å². The molecular weight excluding hydrogens is 441 g/mol. The maximum atomic E-state index is 12.8. The molecule has 2 fully saturated rings. The third-order valence-electron chi connectivity index (χ3n) is 5.39. The fourth-order valence-corrected chi connectivity index (χ4v) is 3.86. The summed E-state index contributed by atoms with van der Waals surface area (Å²) < 4.78 is 46.5. The number of urea groups is 1. The maximum absolute atomic E-state index is 12.8. The van der Waals surface area contributed by atoms with Gasteiger partial charge in [0, 0.05) is 25.4 Å². The molecule has 0 saturated carbocycles. The van der Waals surface area contributed by atoms with E-state index in [1.165, 1.54) is 29.9 Å². The van der Waals surface area contributed by atoms with E-state index >= 15 is 0 Å². The number of halogens is 3. The Balaban J connectivity index is 1.35. The topological polar surface area (TPSA) is 75.2 Å². The lowest BCUT2D eigenvalue weighted by Crippen LogP contribution is -2.32. The largest absolute Gasteiger partial charge is 0.573 e. The van der Waals surface area contributed by atoms with Gasteiger partial charge in [-0.3, -0.25) is 9.69 Å². The van der Waals surface area contributed by atoms with Crippen LogP contribution in [0, 0.1) is 0 Å². The molecule has 1 aromatic carbocycles. The summed E-state index contributed by atoms with van der Waals surface area (Å²) in [5.74, 6) is -0.460. The number of benzene rings is 1. The summed E-state index contributed by atoms with van der Waals surface area (Å²) in [6.45, 7) is 3.52. The normalized spacial score (nSPS) is 17.2. The fourth-order valence-electron chi connectivity index (χ4n) is 3.86. The zero-order chi connectivity index (χ0) is 23.4. The zero-order valence-corrected chi connectivity index (χ0v) is 17.8. The molecule has 0 spiro atoms. The van der Waals surface area contributed by atoms with E-state index in [0.717, 1.165) is 42.2 Å². The Kier molecular flexibility index (Phi) is 6.68. The number of ether oxygens (including phenoxy) is 2. The molecule has 0 atom stereocenters. The Labute approximate surface area is 188 Å². The van der Waals surface area contributed by atoms with Gasteiger partial charge >= 0.3 is 12.4 Å². The molecule has 0 bridgehead atoms. The third-order valence-corrected chi connectivity index (χ3v) is 5.39. The highest BCUT2D eigenvalue weighted by atomic mass is 19.4. The van der Waals surface area contributed by atoms with Crippen molar-refractivity contribution in [3.05, 3.63) is 48.2 Å². The monoisotopic (exact) mass is 464 g/mol. The molecular formula is C22H23F3N4O4. The molecule has 0 radical (unpaired) electrons. The molecule has 8 nitrogen and oxygen atoms in total. The van der Waals surface area contributed by atoms with Gasteiger partial charge in [0.05, 0.1) is 5.69 Å². The number of carbonyl (C=O) groups excluding carboxylic acids is 2. The van der Waals surface area contributed by atoms with Crippen LogP contribution in [-0.2, 0) is 11.3 Å². The summed E-state index contributed by atoms with van der Waals surface area (Å²) in [5.41, 5.74) is 0.917. The number of alkyl halides is 3. The number of carbonyl (C=O) groups is 2. The minimum absolute atomic E-state index is 0.146.